The number of fused-ring (bicyclic) bond motifs is 4. The second-order valence-corrected chi connectivity index (χ2v) is 14.0. The highest BCUT2D eigenvalue weighted by Gasteiger charge is 2.60. The van der Waals surface area contributed by atoms with Crippen molar-refractivity contribution in [1.82, 2.24) is 14.5 Å². The molecule has 1 N–H and O–H groups in total. The Hall–Kier alpha value is -2.45. The highest BCUT2D eigenvalue weighted by atomic mass is 16.5. The fraction of sp³-hybridized carbons (Fsp3) is 0.710. The van der Waals surface area contributed by atoms with Gasteiger partial charge in [-0.2, -0.15) is 0 Å². The summed E-state index contributed by atoms with van der Waals surface area (Å²) in [5.74, 6) is 2.52. The van der Waals surface area contributed by atoms with Gasteiger partial charge in [0.15, 0.2) is 5.82 Å². The molecule has 6 fully saturated rings. The van der Waals surface area contributed by atoms with Gasteiger partial charge in [-0.3, -0.25) is 14.5 Å². The molecular weight excluding hydrogens is 492 g/mol. The van der Waals surface area contributed by atoms with Crippen molar-refractivity contribution in [2.24, 2.45) is 29.1 Å². The Kier molecular flexibility index (Phi) is 5.48. The number of ether oxygens (including phenoxy) is 1. The lowest BCUT2D eigenvalue weighted by Gasteiger charge is -2.56. The molecule has 1 aromatic heterocycles. The molecule has 0 spiro atoms. The zero-order valence-corrected chi connectivity index (χ0v) is 22.9. The first-order valence-corrected chi connectivity index (χ1v) is 15.2. The van der Waals surface area contributed by atoms with E-state index in [1.165, 1.54) is 32.1 Å². The SMILES string of the molecule is CC12C[C@H]3C[C@@H](N4[C@@H]5COC[C@H]4CC(n4c(=O)c(N6CC(CC(=O)O)C6)nc6ccccc64)C5)C[C@@H]1C[C@@H]2C3. The van der Waals surface area contributed by atoms with E-state index in [0.717, 1.165) is 54.8 Å². The van der Waals surface area contributed by atoms with Crippen molar-refractivity contribution in [2.45, 2.75) is 82.5 Å². The maximum absolute atomic E-state index is 14.1. The summed E-state index contributed by atoms with van der Waals surface area (Å²) < 4.78 is 8.18. The number of rotatable bonds is 5. The van der Waals surface area contributed by atoms with Crippen LogP contribution in [0.4, 0.5) is 5.82 Å². The third kappa shape index (κ3) is 3.73. The molecule has 2 aromatic rings. The van der Waals surface area contributed by atoms with Gasteiger partial charge in [0.1, 0.15) is 0 Å². The quantitative estimate of drug-likeness (QED) is 0.624. The Bertz CT molecular complexity index is 1360. The first-order valence-electron chi connectivity index (χ1n) is 15.2. The molecule has 1 aromatic carbocycles. The van der Waals surface area contributed by atoms with Gasteiger partial charge < -0.3 is 19.3 Å². The number of piperidine rings is 1. The smallest absolute Gasteiger partial charge is 0.303 e. The first kappa shape index (κ1) is 24.4. The number of carbonyl (C=O) groups is 1. The Balaban J connectivity index is 1.09. The van der Waals surface area contributed by atoms with E-state index in [1.54, 1.807) is 0 Å². The monoisotopic (exact) mass is 532 g/mol. The summed E-state index contributed by atoms with van der Waals surface area (Å²) in [6.07, 6.45) is 9.00. The molecule has 0 amide bonds. The number of carboxylic acid groups (broad SMARTS) is 1. The zero-order valence-electron chi connectivity index (χ0n) is 22.9. The minimum Gasteiger partial charge on any atom is -0.481 e. The molecule has 8 nitrogen and oxygen atoms in total. The molecule has 0 radical (unpaired) electrons. The number of morpholine rings is 1. The van der Waals surface area contributed by atoms with E-state index in [-0.39, 0.29) is 23.9 Å². The van der Waals surface area contributed by atoms with Crippen LogP contribution in [-0.4, -0.2) is 70.0 Å². The van der Waals surface area contributed by atoms with Gasteiger partial charge in [0.2, 0.25) is 0 Å². The average Bonchev–Trinajstić information content (AvgIpc) is 3.04. The number of anilines is 1. The second-order valence-electron chi connectivity index (χ2n) is 14.0. The maximum atomic E-state index is 14.1. The van der Waals surface area contributed by atoms with Crippen molar-refractivity contribution >= 4 is 22.8 Å². The summed E-state index contributed by atoms with van der Waals surface area (Å²) in [4.78, 5) is 34.8. The molecule has 8 heteroatoms. The van der Waals surface area contributed by atoms with Crippen LogP contribution in [0, 0.1) is 29.1 Å². The van der Waals surface area contributed by atoms with Crippen LogP contribution >= 0.6 is 0 Å². The van der Waals surface area contributed by atoms with Crippen LogP contribution in [-0.2, 0) is 9.53 Å². The normalized spacial score (nSPS) is 39.7. The predicted octanol–water partition coefficient (Wildman–Crippen LogP) is 3.93. The van der Waals surface area contributed by atoms with Crippen LogP contribution in [0.2, 0.25) is 0 Å². The molecule has 208 valence electrons. The van der Waals surface area contributed by atoms with Gasteiger partial charge in [-0.15, -0.1) is 0 Å². The Morgan fingerprint density at radius 2 is 1.74 bits per heavy atom. The minimum absolute atomic E-state index is 0.0277. The van der Waals surface area contributed by atoms with Crippen LogP contribution in [0.15, 0.2) is 29.1 Å². The van der Waals surface area contributed by atoms with Crippen molar-refractivity contribution in [3.63, 3.8) is 0 Å². The molecule has 4 heterocycles. The van der Waals surface area contributed by atoms with Crippen LogP contribution < -0.4 is 10.5 Å². The molecule has 6 aliphatic rings. The number of hydrogen-bond acceptors (Lipinski definition) is 6. The third-order valence-corrected chi connectivity index (χ3v) is 11.8. The molecule has 3 aliphatic heterocycles. The maximum Gasteiger partial charge on any atom is 0.303 e. The third-order valence-electron chi connectivity index (χ3n) is 11.8. The number of para-hydroxylation sites is 2. The molecule has 4 bridgehead atoms. The Morgan fingerprint density at radius 3 is 2.51 bits per heavy atom. The van der Waals surface area contributed by atoms with E-state index in [2.05, 4.69) is 11.8 Å². The van der Waals surface area contributed by atoms with Gasteiger partial charge in [-0.1, -0.05) is 19.1 Å². The number of aromatic nitrogens is 2. The standard InChI is InChI=1S/C31H40N4O4/c1-31-13-18-6-20(31)9-21(31)10-22(7-18)34-24-11-23(12-25(34)17-39-16-24)35-27-5-3-2-4-26(27)32-29(30(35)38)33-14-19(15-33)8-28(36)37/h2-5,18-25H,6-17H2,1H3,(H,36,37)/t18-,20+,21+,22-,23?,24-,25+,31?/m1/s1. The van der Waals surface area contributed by atoms with E-state index in [0.29, 0.717) is 42.4 Å². The molecule has 3 aliphatic carbocycles. The number of carboxylic acids is 1. The van der Waals surface area contributed by atoms with Crippen LogP contribution in [0.25, 0.3) is 11.0 Å². The number of benzene rings is 1. The summed E-state index contributed by atoms with van der Waals surface area (Å²) in [5.41, 5.74) is 2.32. The molecule has 8 rings (SSSR count). The second kappa shape index (κ2) is 8.77. The van der Waals surface area contributed by atoms with E-state index in [4.69, 9.17) is 9.72 Å². The summed E-state index contributed by atoms with van der Waals surface area (Å²) in [6, 6.07) is 9.46. The van der Waals surface area contributed by atoms with Crippen molar-refractivity contribution in [3.8, 4) is 0 Å². The highest BCUT2D eigenvalue weighted by molar-refractivity contribution is 5.77. The lowest BCUT2D eigenvalue weighted by atomic mass is 9.54. The fourth-order valence-corrected chi connectivity index (χ4v) is 10.0. The minimum atomic E-state index is -0.781. The fourth-order valence-electron chi connectivity index (χ4n) is 10.0. The molecular formula is C31H40N4O4. The summed E-state index contributed by atoms with van der Waals surface area (Å²) in [7, 11) is 0. The van der Waals surface area contributed by atoms with Gasteiger partial charge >= 0.3 is 5.97 Å². The largest absolute Gasteiger partial charge is 0.481 e. The molecule has 39 heavy (non-hydrogen) atoms. The summed E-state index contributed by atoms with van der Waals surface area (Å²) in [6.45, 7) is 5.24. The van der Waals surface area contributed by atoms with Gasteiger partial charge in [0, 0.05) is 43.2 Å². The van der Waals surface area contributed by atoms with Crippen LogP contribution in [0.3, 0.4) is 0 Å². The molecule has 2 unspecified atom stereocenters. The molecule has 3 saturated heterocycles. The lowest BCUT2D eigenvalue weighted by Crippen LogP contribution is -2.62. The van der Waals surface area contributed by atoms with Gasteiger partial charge in [-0.25, -0.2) is 4.98 Å². The number of hydrogen-bond donors (Lipinski definition) is 1. The number of aliphatic carboxylic acids is 1. The Labute approximate surface area is 229 Å². The first-order chi connectivity index (χ1) is 18.9. The van der Waals surface area contributed by atoms with Gasteiger partial charge in [-0.05, 0) is 80.2 Å². The van der Waals surface area contributed by atoms with Gasteiger partial charge in [0.25, 0.3) is 5.56 Å². The average molecular weight is 533 g/mol. The Morgan fingerprint density at radius 1 is 1.00 bits per heavy atom. The molecule has 8 atom stereocenters. The van der Waals surface area contributed by atoms with Crippen LogP contribution in [0.5, 0.6) is 0 Å². The summed E-state index contributed by atoms with van der Waals surface area (Å²) >= 11 is 0. The van der Waals surface area contributed by atoms with Crippen molar-refractivity contribution in [3.05, 3.63) is 34.6 Å². The number of nitrogens with zero attached hydrogens (tertiary/aromatic N) is 4. The van der Waals surface area contributed by atoms with E-state index >= 15 is 0 Å². The van der Waals surface area contributed by atoms with E-state index in [1.807, 2.05) is 33.7 Å². The van der Waals surface area contributed by atoms with E-state index in [9.17, 15) is 14.7 Å². The van der Waals surface area contributed by atoms with E-state index < -0.39 is 5.97 Å². The summed E-state index contributed by atoms with van der Waals surface area (Å²) in [5, 5.41) is 9.17. The highest BCUT2D eigenvalue weighted by Crippen LogP contribution is 2.67. The van der Waals surface area contributed by atoms with Gasteiger partial charge in [0.05, 0.1) is 30.7 Å². The topological polar surface area (TPSA) is 87.9 Å². The predicted molar refractivity (Wildman–Crippen MR) is 148 cm³/mol. The van der Waals surface area contributed by atoms with Crippen LogP contribution in [0.1, 0.15) is 64.3 Å². The van der Waals surface area contributed by atoms with Crippen molar-refractivity contribution < 1.29 is 14.6 Å². The molecule has 3 saturated carbocycles. The zero-order chi connectivity index (χ0) is 26.5. The lowest BCUT2D eigenvalue weighted by molar-refractivity contribution is -0.138. The van der Waals surface area contributed by atoms with Crippen molar-refractivity contribution in [1.29, 1.82) is 0 Å². The van der Waals surface area contributed by atoms with Crippen molar-refractivity contribution in [2.75, 3.05) is 31.2 Å².